The van der Waals surface area contributed by atoms with E-state index in [9.17, 15) is 9.59 Å². The van der Waals surface area contributed by atoms with Crippen molar-refractivity contribution in [3.63, 3.8) is 0 Å². The molecule has 0 spiro atoms. The molecule has 1 aliphatic heterocycles. The Balaban J connectivity index is 1.78. The zero-order valence-electron chi connectivity index (χ0n) is 15.1. The lowest BCUT2D eigenvalue weighted by Gasteiger charge is -2.34. The number of nitrogens with zero attached hydrogens (tertiary/aromatic N) is 1. The van der Waals surface area contributed by atoms with Crippen LogP contribution in [0.25, 0.3) is 0 Å². The fourth-order valence-electron chi connectivity index (χ4n) is 3.03. The average Bonchev–Trinajstić information content (AvgIpc) is 2.63. The summed E-state index contributed by atoms with van der Waals surface area (Å²) in [6.45, 7) is 6.31. The van der Waals surface area contributed by atoms with E-state index in [2.05, 4.69) is 22.5 Å². The van der Waals surface area contributed by atoms with Gasteiger partial charge in [-0.05, 0) is 63.5 Å². The van der Waals surface area contributed by atoms with E-state index >= 15 is 0 Å². The molecule has 1 heterocycles. The molecular weight excluding hydrogens is 338 g/mol. The second-order valence-electron chi connectivity index (χ2n) is 6.63. The van der Waals surface area contributed by atoms with E-state index in [0.29, 0.717) is 5.02 Å². The normalized spacial score (nSPS) is 17.1. The highest BCUT2D eigenvalue weighted by Gasteiger charge is 2.29. The maximum atomic E-state index is 12.4. The number of amides is 2. The zero-order chi connectivity index (χ0) is 18.2. The van der Waals surface area contributed by atoms with Gasteiger partial charge in [0.2, 0.25) is 11.8 Å². The third-order valence-corrected chi connectivity index (χ3v) is 5.02. The molecule has 138 valence electrons. The molecular formula is C19H28ClN3O2. The first-order valence-electron chi connectivity index (χ1n) is 9.09. The molecule has 5 nitrogen and oxygen atoms in total. The number of unbranched alkanes of at least 4 members (excludes halogenated alkanes) is 1. The lowest BCUT2D eigenvalue weighted by atomic mass is 9.95. The first-order valence-corrected chi connectivity index (χ1v) is 9.47. The topological polar surface area (TPSA) is 61.4 Å². The number of rotatable bonds is 7. The highest BCUT2D eigenvalue weighted by molar-refractivity contribution is 6.30. The first kappa shape index (κ1) is 19.7. The van der Waals surface area contributed by atoms with Crippen LogP contribution < -0.4 is 10.6 Å². The van der Waals surface area contributed by atoms with Crippen molar-refractivity contribution in [3.05, 3.63) is 29.3 Å². The highest BCUT2D eigenvalue weighted by atomic mass is 35.5. The Morgan fingerprint density at radius 1 is 1.24 bits per heavy atom. The molecule has 1 aliphatic rings. The van der Waals surface area contributed by atoms with Crippen molar-refractivity contribution in [2.24, 2.45) is 5.92 Å². The maximum Gasteiger partial charge on any atom is 0.241 e. The fourth-order valence-corrected chi connectivity index (χ4v) is 3.15. The Bertz CT molecular complexity index is 569. The van der Waals surface area contributed by atoms with Gasteiger partial charge in [0.05, 0.1) is 6.04 Å². The molecule has 25 heavy (non-hydrogen) atoms. The fraction of sp³-hybridized carbons (Fsp3) is 0.579. The van der Waals surface area contributed by atoms with Crippen molar-refractivity contribution in [2.45, 2.75) is 45.6 Å². The molecule has 1 fully saturated rings. The molecule has 0 radical (unpaired) electrons. The molecule has 0 aromatic heterocycles. The lowest BCUT2D eigenvalue weighted by Crippen LogP contribution is -2.48. The Kier molecular flexibility index (Phi) is 7.72. The molecule has 0 aliphatic carbocycles. The molecule has 2 N–H and O–H groups in total. The van der Waals surface area contributed by atoms with E-state index in [-0.39, 0.29) is 23.8 Å². The number of likely N-dealkylation sites (tertiary alicyclic amines) is 1. The van der Waals surface area contributed by atoms with Crippen LogP contribution in [0.3, 0.4) is 0 Å². The van der Waals surface area contributed by atoms with Crippen LogP contribution in [0.15, 0.2) is 24.3 Å². The quantitative estimate of drug-likeness (QED) is 0.729. The van der Waals surface area contributed by atoms with Gasteiger partial charge in [0.1, 0.15) is 0 Å². The number of hydrogen-bond donors (Lipinski definition) is 2. The highest BCUT2D eigenvalue weighted by Crippen LogP contribution is 2.20. The third-order valence-electron chi connectivity index (χ3n) is 4.77. The van der Waals surface area contributed by atoms with E-state index < -0.39 is 0 Å². The number of carbonyl (C=O) groups excluding carboxylic acids is 2. The van der Waals surface area contributed by atoms with Crippen molar-refractivity contribution in [1.29, 1.82) is 0 Å². The molecule has 2 amide bonds. The zero-order valence-corrected chi connectivity index (χ0v) is 15.8. The van der Waals surface area contributed by atoms with Gasteiger partial charge in [0.25, 0.3) is 0 Å². The summed E-state index contributed by atoms with van der Waals surface area (Å²) in [6.07, 6.45) is 3.71. The smallest absolute Gasteiger partial charge is 0.241 e. The molecule has 0 bridgehead atoms. The molecule has 1 saturated heterocycles. The summed E-state index contributed by atoms with van der Waals surface area (Å²) >= 11 is 5.86. The van der Waals surface area contributed by atoms with Gasteiger partial charge in [-0.25, -0.2) is 0 Å². The van der Waals surface area contributed by atoms with Gasteiger partial charge in [-0.1, -0.05) is 24.9 Å². The van der Waals surface area contributed by atoms with E-state index in [1.54, 1.807) is 24.3 Å². The van der Waals surface area contributed by atoms with Gasteiger partial charge >= 0.3 is 0 Å². The first-order chi connectivity index (χ1) is 12.0. The predicted octanol–water partition coefficient (Wildman–Crippen LogP) is 3.30. The van der Waals surface area contributed by atoms with Gasteiger partial charge in [-0.3, -0.25) is 14.5 Å². The molecule has 6 heteroatoms. The van der Waals surface area contributed by atoms with E-state index in [4.69, 9.17) is 11.6 Å². The Hall–Kier alpha value is -1.59. The van der Waals surface area contributed by atoms with Gasteiger partial charge in [-0.2, -0.15) is 0 Å². The molecule has 1 aromatic carbocycles. The summed E-state index contributed by atoms with van der Waals surface area (Å²) in [5, 5.41) is 6.57. The van der Waals surface area contributed by atoms with Crippen LogP contribution in [0, 0.1) is 5.92 Å². The SMILES string of the molecule is CCCCNC(=O)C1CCN(C(C)C(=O)Nc2ccc(Cl)cc2)CC1. The number of anilines is 1. The monoisotopic (exact) mass is 365 g/mol. The number of halogens is 1. The van der Waals surface area contributed by atoms with Crippen LogP contribution in [0.4, 0.5) is 5.69 Å². The van der Waals surface area contributed by atoms with Crippen LogP contribution in [0.5, 0.6) is 0 Å². The summed E-state index contributed by atoms with van der Waals surface area (Å²) in [5.41, 5.74) is 0.742. The van der Waals surface area contributed by atoms with Gasteiger partial charge in [-0.15, -0.1) is 0 Å². The standard InChI is InChI=1S/C19H28ClN3O2/c1-3-4-11-21-19(25)15-9-12-23(13-10-15)14(2)18(24)22-17-7-5-16(20)6-8-17/h5-8,14-15H,3-4,9-13H2,1-2H3,(H,21,25)(H,22,24). The van der Waals surface area contributed by atoms with Gasteiger partial charge in [0.15, 0.2) is 0 Å². The van der Waals surface area contributed by atoms with Crippen molar-refractivity contribution in [2.75, 3.05) is 25.0 Å². The number of nitrogens with one attached hydrogen (secondary N) is 2. The van der Waals surface area contributed by atoms with Crippen LogP contribution >= 0.6 is 11.6 Å². The molecule has 1 atom stereocenters. The maximum absolute atomic E-state index is 12.4. The molecule has 1 aromatic rings. The third kappa shape index (κ3) is 6.01. The minimum absolute atomic E-state index is 0.0341. The van der Waals surface area contributed by atoms with Gasteiger partial charge in [0, 0.05) is 23.2 Å². The summed E-state index contributed by atoms with van der Waals surface area (Å²) in [5.74, 6) is 0.194. The summed E-state index contributed by atoms with van der Waals surface area (Å²) in [4.78, 5) is 26.7. The van der Waals surface area contributed by atoms with Crippen LogP contribution in [-0.4, -0.2) is 42.4 Å². The van der Waals surface area contributed by atoms with Crippen LogP contribution in [-0.2, 0) is 9.59 Å². The predicted molar refractivity (Wildman–Crippen MR) is 102 cm³/mol. The largest absolute Gasteiger partial charge is 0.356 e. The number of benzene rings is 1. The Labute approximate surface area is 155 Å². The minimum atomic E-state index is -0.222. The Morgan fingerprint density at radius 3 is 2.48 bits per heavy atom. The van der Waals surface area contributed by atoms with E-state index in [1.165, 1.54) is 0 Å². The van der Waals surface area contributed by atoms with Crippen molar-refractivity contribution in [1.82, 2.24) is 10.2 Å². The van der Waals surface area contributed by atoms with Gasteiger partial charge < -0.3 is 10.6 Å². The molecule has 1 unspecified atom stereocenters. The van der Waals surface area contributed by atoms with Crippen molar-refractivity contribution in [3.8, 4) is 0 Å². The number of carbonyl (C=O) groups is 2. The minimum Gasteiger partial charge on any atom is -0.356 e. The number of piperidine rings is 1. The van der Waals surface area contributed by atoms with Crippen molar-refractivity contribution < 1.29 is 9.59 Å². The molecule has 0 saturated carbocycles. The summed E-state index contributed by atoms with van der Waals surface area (Å²) in [7, 11) is 0. The molecule has 2 rings (SSSR count). The Morgan fingerprint density at radius 2 is 1.88 bits per heavy atom. The van der Waals surface area contributed by atoms with Crippen molar-refractivity contribution >= 4 is 29.1 Å². The number of hydrogen-bond acceptors (Lipinski definition) is 3. The lowest BCUT2D eigenvalue weighted by molar-refractivity contribution is -0.127. The van der Waals surface area contributed by atoms with Crippen LogP contribution in [0.1, 0.15) is 39.5 Å². The summed E-state index contributed by atoms with van der Waals surface area (Å²) < 4.78 is 0. The summed E-state index contributed by atoms with van der Waals surface area (Å²) in [6, 6.07) is 6.87. The second kappa shape index (κ2) is 9.78. The van der Waals surface area contributed by atoms with E-state index in [0.717, 1.165) is 51.0 Å². The van der Waals surface area contributed by atoms with E-state index in [1.807, 2.05) is 6.92 Å². The van der Waals surface area contributed by atoms with Crippen LogP contribution in [0.2, 0.25) is 5.02 Å². The second-order valence-corrected chi connectivity index (χ2v) is 7.06. The average molecular weight is 366 g/mol.